The predicted octanol–water partition coefficient (Wildman–Crippen LogP) is 3.01. The number of aromatic hydroxyl groups is 1. The lowest BCUT2D eigenvalue weighted by Gasteiger charge is -2.30. The topological polar surface area (TPSA) is 81.7 Å². The maximum atomic E-state index is 12.4. The second kappa shape index (κ2) is 9.57. The number of carbonyl (C=O) groups excluding carboxylic acids is 2. The minimum absolute atomic E-state index is 0.0351. The number of nitrogens with one attached hydrogen (secondary N) is 2. The molecule has 1 aliphatic rings. The van der Waals surface area contributed by atoms with E-state index in [0.29, 0.717) is 49.7 Å². The predicted molar refractivity (Wildman–Crippen MR) is 109 cm³/mol. The molecule has 0 bridgehead atoms. The Bertz CT molecular complexity index is 818. The molecule has 0 spiro atoms. The van der Waals surface area contributed by atoms with E-state index in [1.165, 1.54) is 0 Å². The standard InChI is InChI=1S/C21H24ClN3O3/c22-17-7-5-15(6-8-17)13-23-20(27)14-25-11-9-16(10-12-25)21(28)24-18-3-1-2-4-19(18)26/h1-8,16,26H,9-14H2,(H,23,27)(H,24,28). The van der Waals surface area contributed by atoms with Crippen molar-refractivity contribution in [2.75, 3.05) is 25.0 Å². The van der Waals surface area contributed by atoms with Gasteiger partial charge >= 0.3 is 0 Å². The fourth-order valence-electron chi connectivity index (χ4n) is 3.23. The van der Waals surface area contributed by atoms with Gasteiger partial charge in [-0.2, -0.15) is 0 Å². The summed E-state index contributed by atoms with van der Waals surface area (Å²) in [6.07, 6.45) is 1.37. The van der Waals surface area contributed by atoms with E-state index in [1.807, 2.05) is 12.1 Å². The number of halogens is 1. The first kappa shape index (κ1) is 20.2. The Labute approximate surface area is 169 Å². The van der Waals surface area contributed by atoms with Gasteiger partial charge in [-0.3, -0.25) is 14.5 Å². The Balaban J connectivity index is 1.39. The van der Waals surface area contributed by atoms with Crippen LogP contribution in [-0.4, -0.2) is 41.5 Å². The summed E-state index contributed by atoms with van der Waals surface area (Å²) in [7, 11) is 0. The molecule has 2 amide bonds. The smallest absolute Gasteiger partial charge is 0.234 e. The summed E-state index contributed by atoms with van der Waals surface area (Å²) in [5, 5.41) is 16.1. The Morgan fingerprint density at radius 3 is 2.43 bits per heavy atom. The summed E-state index contributed by atoms with van der Waals surface area (Å²) >= 11 is 5.86. The second-order valence-corrected chi connectivity index (χ2v) is 7.40. The van der Waals surface area contributed by atoms with Crippen LogP contribution < -0.4 is 10.6 Å². The van der Waals surface area contributed by atoms with Gasteiger partial charge in [0, 0.05) is 17.5 Å². The molecule has 2 aromatic carbocycles. The molecule has 1 fully saturated rings. The van der Waals surface area contributed by atoms with Crippen LogP contribution in [0.3, 0.4) is 0 Å². The van der Waals surface area contributed by atoms with Crippen molar-refractivity contribution in [1.82, 2.24) is 10.2 Å². The third-order valence-electron chi connectivity index (χ3n) is 4.89. The van der Waals surface area contributed by atoms with E-state index in [4.69, 9.17) is 11.6 Å². The van der Waals surface area contributed by atoms with Gasteiger partial charge in [-0.25, -0.2) is 0 Å². The lowest BCUT2D eigenvalue weighted by molar-refractivity contribution is -0.123. The number of benzene rings is 2. The number of piperidine rings is 1. The van der Waals surface area contributed by atoms with E-state index >= 15 is 0 Å². The summed E-state index contributed by atoms with van der Waals surface area (Å²) in [5.74, 6) is -0.181. The average molecular weight is 402 g/mol. The maximum absolute atomic E-state index is 12.4. The van der Waals surface area contributed by atoms with Gasteiger partial charge in [0.25, 0.3) is 0 Å². The molecular weight excluding hydrogens is 378 g/mol. The molecule has 2 aromatic rings. The Morgan fingerprint density at radius 1 is 1.07 bits per heavy atom. The molecule has 3 N–H and O–H groups in total. The summed E-state index contributed by atoms with van der Waals surface area (Å²) in [5.41, 5.74) is 1.42. The largest absolute Gasteiger partial charge is 0.506 e. The molecule has 0 radical (unpaired) electrons. The molecule has 0 saturated carbocycles. The van der Waals surface area contributed by atoms with E-state index < -0.39 is 0 Å². The highest BCUT2D eigenvalue weighted by molar-refractivity contribution is 6.30. The molecule has 6 nitrogen and oxygen atoms in total. The normalized spacial score (nSPS) is 15.2. The van der Waals surface area contributed by atoms with Gasteiger partial charge in [0.1, 0.15) is 5.75 Å². The zero-order valence-electron chi connectivity index (χ0n) is 15.5. The molecular formula is C21H24ClN3O3. The van der Waals surface area contributed by atoms with Crippen LogP contribution in [0.5, 0.6) is 5.75 Å². The molecule has 1 aliphatic heterocycles. The molecule has 0 aromatic heterocycles. The van der Waals surface area contributed by atoms with Gasteiger partial charge in [-0.05, 0) is 55.8 Å². The van der Waals surface area contributed by atoms with Crippen LogP contribution in [0.15, 0.2) is 48.5 Å². The van der Waals surface area contributed by atoms with Crippen molar-refractivity contribution < 1.29 is 14.7 Å². The van der Waals surface area contributed by atoms with E-state index in [0.717, 1.165) is 5.56 Å². The number of likely N-dealkylation sites (tertiary alicyclic amines) is 1. The van der Waals surface area contributed by atoms with Gasteiger partial charge in [-0.15, -0.1) is 0 Å². The zero-order chi connectivity index (χ0) is 19.9. The fraction of sp³-hybridized carbons (Fsp3) is 0.333. The van der Waals surface area contributed by atoms with Crippen molar-refractivity contribution in [1.29, 1.82) is 0 Å². The quantitative estimate of drug-likeness (QED) is 0.650. The molecule has 0 atom stereocenters. The summed E-state index contributed by atoms with van der Waals surface area (Å²) in [6, 6.07) is 14.1. The Hall–Kier alpha value is -2.57. The van der Waals surface area contributed by atoms with Crippen LogP contribution in [0.1, 0.15) is 18.4 Å². The van der Waals surface area contributed by atoms with Gasteiger partial charge in [0.05, 0.1) is 12.2 Å². The number of anilines is 1. The maximum Gasteiger partial charge on any atom is 0.234 e. The number of hydrogen-bond acceptors (Lipinski definition) is 4. The molecule has 7 heteroatoms. The summed E-state index contributed by atoms with van der Waals surface area (Å²) in [6.45, 7) is 2.16. The van der Waals surface area contributed by atoms with Gasteiger partial charge < -0.3 is 15.7 Å². The van der Waals surface area contributed by atoms with Crippen LogP contribution in [0.25, 0.3) is 0 Å². The van der Waals surface area contributed by atoms with Crippen molar-refractivity contribution >= 4 is 29.1 Å². The number of hydrogen-bond donors (Lipinski definition) is 3. The first-order valence-electron chi connectivity index (χ1n) is 9.33. The molecule has 28 heavy (non-hydrogen) atoms. The number of rotatable bonds is 6. The SMILES string of the molecule is O=C(CN1CCC(C(=O)Nc2ccccc2O)CC1)NCc1ccc(Cl)cc1. The fourth-order valence-corrected chi connectivity index (χ4v) is 3.36. The average Bonchev–Trinajstić information content (AvgIpc) is 2.70. The second-order valence-electron chi connectivity index (χ2n) is 6.96. The zero-order valence-corrected chi connectivity index (χ0v) is 16.3. The van der Waals surface area contributed by atoms with Crippen LogP contribution in [0.4, 0.5) is 5.69 Å². The van der Waals surface area contributed by atoms with Crippen molar-refractivity contribution in [3.63, 3.8) is 0 Å². The minimum Gasteiger partial charge on any atom is -0.506 e. The van der Waals surface area contributed by atoms with E-state index in [-0.39, 0.29) is 23.5 Å². The molecule has 0 aliphatic carbocycles. The Kier molecular flexibility index (Phi) is 6.90. The first-order valence-corrected chi connectivity index (χ1v) is 9.71. The number of phenols is 1. The molecule has 3 rings (SSSR count). The number of amides is 2. The van der Waals surface area contributed by atoms with Gasteiger partial charge in [0.2, 0.25) is 11.8 Å². The minimum atomic E-state index is -0.118. The summed E-state index contributed by atoms with van der Waals surface area (Å²) < 4.78 is 0. The highest BCUT2D eigenvalue weighted by atomic mass is 35.5. The van der Waals surface area contributed by atoms with Gasteiger partial charge in [-0.1, -0.05) is 35.9 Å². The number of carbonyl (C=O) groups is 2. The number of para-hydroxylation sites is 2. The highest BCUT2D eigenvalue weighted by Gasteiger charge is 2.26. The molecule has 148 valence electrons. The van der Waals surface area contributed by atoms with E-state index in [1.54, 1.807) is 36.4 Å². The lowest BCUT2D eigenvalue weighted by atomic mass is 9.95. The third kappa shape index (κ3) is 5.71. The molecule has 1 saturated heterocycles. The van der Waals surface area contributed by atoms with Crippen molar-refractivity contribution in [2.24, 2.45) is 5.92 Å². The third-order valence-corrected chi connectivity index (χ3v) is 5.14. The van der Waals surface area contributed by atoms with Crippen molar-refractivity contribution in [3.05, 3.63) is 59.1 Å². The number of phenolic OH excluding ortho intramolecular Hbond substituents is 1. The van der Waals surface area contributed by atoms with E-state index in [9.17, 15) is 14.7 Å². The highest BCUT2D eigenvalue weighted by Crippen LogP contribution is 2.24. The lowest BCUT2D eigenvalue weighted by Crippen LogP contribution is -2.43. The monoisotopic (exact) mass is 401 g/mol. The van der Waals surface area contributed by atoms with Crippen LogP contribution in [0, 0.1) is 5.92 Å². The number of nitrogens with zero attached hydrogens (tertiary/aromatic N) is 1. The van der Waals surface area contributed by atoms with Crippen molar-refractivity contribution in [2.45, 2.75) is 19.4 Å². The van der Waals surface area contributed by atoms with E-state index in [2.05, 4.69) is 15.5 Å². The summed E-state index contributed by atoms with van der Waals surface area (Å²) in [4.78, 5) is 26.6. The Morgan fingerprint density at radius 2 is 1.75 bits per heavy atom. The van der Waals surface area contributed by atoms with Crippen LogP contribution in [-0.2, 0) is 16.1 Å². The first-order chi connectivity index (χ1) is 13.5. The van der Waals surface area contributed by atoms with Gasteiger partial charge in [0.15, 0.2) is 0 Å². The molecule has 1 heterocycles. The molecule has 0 unspecified atom stereocenters. The van der Waals surface area contributed by atoms with Crippen LogP contribution >= 0.6 is 11.6 Å². The van der Waals surface area contributed by atoms with Crippen molar-refractivity contribution in [3.8, 4) is 5.75 Å². The van der Waals surface area contributed by atoms with Crippen LogP contribution in [0.2, 0.25) is 5.02 Å².